The fourth-order valence-corrected chi connectivity index (χ4v) is 4.28. The molecule has 3 rings (SSSR count). The van der Waals surface area contributed by atoms with Gasteiger partial charge in [-0.2, -0.15) is 0 Å². The van der Waals surface area contributed by atoms with E-state index in [0.29, 0.717) is 23.7 Å². The van der Waals surface area contributed by atoms with Gasteiger partial charge in [0, 0.05) is 23.8 Å². The number of likely N-dealkylation sites (tertiary alicyclic amines) is 1. The van der Waals surface area contributed by atoms with Crippen molar-refractivity contribution in [2.75, 3.05) is 24.5 Å². The van der Waals surface area contributed by atoms with E-state index < -0.39 is 12.1 Å². The standard InChI is InChI=1S/C24H30FN3O3/c1-16-12-20(18-6-8-21(25)9-7-18)10-11-27(16)14-23(30)15-28(24(26)31)22-5-3-4-19(13-22)17(2)29/h3-9,13,16,20,23,30H,10-12,14-15H2,1-2H3,(H2,26,31)/t16?,20?,23-/m0/s1. The minimum absolute atomic E-state index is 0.0430. The molecule has 1 aliphatic rings. The molecule has 3 atom stereocenters. The highest BCUT2D eigenvalue weighted by Gasteiger charge is 2.28. The number of halogens is 1. The summed E-state index contributed by atoms with van der Waals surface area (Å²) in [5.74, 6) is 0.0234. The third kappa shape index (κ3) is 5.89. The van der Waals surface area contributed by atoms with Crippen molar-refractivity contribution in [3.63, 3.8) is 0 Å². The number of benzene rings is 2. The summed E-state index contributed by atoms with van der Waals surface area (Å²) < 4.78 is 13.2. The number of Topliss-reactive ketones (excluding diaryl/α,β-unsaturated/α-hetero) is 1. The maximum atomic E-state index is 13.2. The Morgan fingerprint density at radius 1 is 1.26 bits per heavy atom. The molecule has 1 fully saturated rings. The van der Waals surface area contributed by atoms with Crippen LogP contribution in [-0.2, 0) is 0 Å². The average molecular weight is 428 g/mol. The molecule has 1 saturated heterocycles. The number of aliphatic hydroxyl groups is 1. The second-order valence-electron chi connectivity index (χ2n) is 8.33. The van der Waals surface area contributed by atoms with Gasteiger partial charge in [0.2, 0.25) is 0 Å². The summed E-state index contributed by atoms with van der Waals surface area (Å²) in [6, 6.07) is 12.9. The second-order valence-corrected chi connectivity index (χ2v) is 8.33. The van der Waals surface area contributed by atoms with Crippen molar-refractivity contribution >= 4 is 17.5 Å². The highest BCUT2D eigenvalue weighted by Crippen LogP contribution is 2.31. The number of carbonyl (C=O) groups excluding carboxylic acids is 2. The van der Waals surface area contributed by atoms with E-state index in [2.05, 4.69) is 11.8 Å². The van der Waals surface area contributed by atoms with E-state index in [-0.39, 0.29) is 24.2 Å². The Labute approximate surface area is 182 Å². The Bertz CT molecular complexity index is 919. The van der Waals surface area contributed by atoms with E-state index in [1.165, 1.54) is 24.0 Å². The lowest BCUT2D eigenvalue weighted by Crippen LogP contribution is -2.48. The molecule has 2 amide bonds. The molecule has 0 spiro atoms. The molecule has 3 N–H and O–H groups in total. The number of rotatable bonds is 7. The first-order valence-electron chi connectivity index (χ1n) is 10.6. The molecular weight excluding hydrogens is 397 g/mol. The maximum Gasteiger partial charge on any atom is 0.319 e. The van der Waals surface area contributed by atoms with E-state index in [0.717, 1.165) is 24.9 Å². The van der Waals surface area contributed by atoms with Gasteiger partial charge in [-0.3, -0.25) is 14.6 Å². The van der Waals surface area contributed by atoms with Gasteiger partial charge in [-0.1, -0.05) is 24.3 Å². The van der Waals surface area contributed by atoms with Crippen LogP contribution in [0.25, 0.3) is 0 Å². The first kappa shape index (κ1) is 22.9. The first-order valence-corrected chi connectivity index (χ1v) is 10.6. The van der Waals surface area contributed by atoms with Crippen LogP contribution in [0.4, 0.5) is 14.9 Å². The Kier molecular flexibility index (Phi) is 7.41. The van der Waals surface area contributed by atoms with Crippen molar-refractivity contribution in [3.05, 3.63) is 65.5 Å². The van der Waals surface area contributed by atoms with Gasteiger partial charge in [-0.05, 0) is 69.0 Å². The number of hydrogen-bond donors (Lipinski definition) is 2. The average Bonchev–Trinajstić information content (AvgIpc) is 2.74. The Balaban J connectivity index is 1.60. The third-order valence-corrected chi connectivity index (χ3v) is 6.02. The molecule has 1 heterocycles. The number of aliphatic hydroxyl groups excluding tert-OH is 1. The number of urea groups is 1. The zero-order chi connectivity index (χ0) is 22.5. The monoisotopic (exact) mass is 427 g/mol. The number of ketones is 1. The number of β-amino-alcohol motifs (C(OH)–C–C–N with tert-alkyl or cyclic N) is 1. The molecule has 0 aromatic heterocycles. The van der Waals surface area contributed by atoms with Crippen LogP contribution < -0.4 is 10.6 Å². The number of anilines is 1. The number of nitrogens with zero attached hydrogens (tertiary/aromatic N) is 2. The van der Waals surface area contributed by atoms with Gasteiger partial charge in [0.15, 0.2) is 5.78 Å². The van der Waals surface area contributed by atoms with Gasteiger partial charge in [-0.15, -0.1) is 0 Å². The van der Waals surface area contributed by atoms with Crippen LogP contribution in [0.15, 0.2) is 48.5 Å². The predicted molar refractivity (Wildman–Crippen MR) is 119 cm³/mol. The summed E-state index contributed by atoms with van der Waals surface area (Å²) in [4.78, 5) is 27.2. The van der Waals surface area contributed by atoms with Crippen molar-refractivity contribution in [1.29, 1.82) is 0 Å². The predicted octanol–water partition coefficient (Wildman–Crippen LogP) is 3.54. The molecule has 31 heavy (non-hydrogen) atoms. The lowest BCUT2D eigenvalue weighted by Gasteiger charge is -2.39. The molecule has 2 aromatic carbocycles. The largest absolute Gasteiger partial charge is 0.390 e. The van der Waals surface area contributed by atoms with E-state index >= 15 is 0 Å². The van der Waals surface area contributed by atoms with E-state index in [4.69, 9.17) is 5.73 Å². The fourth-order valence-electron chi connectivity index (χ4n) is 4.28. The van der Waals surface area contributed by atoms with Gasteiger partial charge >= 0.3 is 6.03 Å². The summed E-state index contributed by atoms with van der Waals surface area (Å²) in [5.41, 5.74) is 7.65. The molecular formula is C24H30FN3O3. The van der Waals surface area contributed by atoms with Crippen molar-refractivity contribution in [2.45, 2.75) is 44.8 Å². The number of piperidine rings is 1. The van der Waals surface area contributed by atoms with Gasteiger partial charge < -0.3 is 10.8 Å². The SMILES string of the molecule is CC(=O)c1cccc(N(C[C@@H](O)CN2CCC(c3ccc(F)cc3)CC2C)C(N)=O)c1. The van der Waals surface area contributed by atoms with Crippen LogP contribution in [0.3, 0.4) is 0 Å². The number of amides is 2. The zero-order valence-corrected chi connectivity index (χ0v) is 18.0. The minimum Gasteiger partial charge on any atom is -0.390 e. The van der Waals surface area contributed by atoms with E-state index in [9.17, 15) is 19.1 Å². The smallest absolute Gasteiger partial charge is 0.319 e. The van der Waals surface area contributed by atoms with E-state index in [1.54, 1.807) is 24.3 Å². The molecule has 6 nitrogen and oxygen atoms in total. The van der Waals surface area contributed by atoms with Crippen LogP contribution in [-0.4, -0.2) is 53.6 Å². The maximum absolute atomic E-state index is 13.2. The molecule has 2 unspecified atom stereocenters. The zero-order valence-electron chi connectivity index (χ0n) is 18.0. The summed E-state index contributed by atoms with van der Waals surface area (Å²) in [7, 11) is 0. The molecule has 1 aliphatic heterocycles. The normalized spacial score (nSPS) is 20.3. The summed E-state index contributed by atoms with van der Waals surface area (Å²) in [6.07, 6.45) is 1.04. The van der Waals surface area contributed by atoms with Gasteiger partial charge in [0.25, 0.3) is 0 Å². The van der Waals surface area contributed by atoms with Gasteiger partial charge in [-0.25, -0.2) is 9.18 Å². The second kappa shape index (κ2) is 10.0. The highest BCUT2D eigenvalue weighted by atomic mass is 19.1. The third-order valence-electron chi connectivity index (χ3n) is 6.02. The number of primary amides is 1. The van der Waals surface area contributed by atoms with Crippen LogP contribution in [0.5, 0.6) is 0 Å². The van der Waals surface area contributed by atoms with Crippen LogP contribution in [0, 0.1) is 5.82 Å². The molecule has 0 saturated carbocycles. The van der Waals surface area contributed by atoms with Crippen LogP contribution >= 0.6 is 0 Å². The summed E-state index contributed by atoms with van der Waals surface area (Å²) in [6.45, 7) is 4.83. The van der Waals surface area contributed by atoms with Crippen molar-refractivity contribution in [3.8, 4) is 0 Å². The first-order chi connectivity index (χ1) is 14.7. The topological polar surface area (TPSA) is 86.9 Å². The quantitative estimate of drug-likeness (QED) is 0.662. The lowest BCUT2D eigenvalue weighted by atomic mass is 9.85. The van der Waals surface area contributed by atoms with Crippen molar-refractivity contribution < 1.29 is 19.1 Å². The summed E-state index contributed by atoms with van der Waals surface area (Å²) in [5, 5.41) is 10.7. The number of nitrogens with two attached hydrogens (primary N) is 1. The molecule has 0 bridgehead atoms. The Morgan fingerprint density at radius 3 is 2.58 bits per heavy atom. The highest BCUT2D eigenvalue weighted by molar-refractivity contribution is 5.97. The molecule has 0 radical (unpaired) electrons. The molecule has 7 heteroatoms. The minimum atomic E-state index is -0.793. The van der Waals surface area contributed by atoms with Crippen molar-refractivity contribution in [2.24, 2.45) is 5.73 Å². The number of hydrogen-bond acceptors (Lipinski definition) is 4. The Morgan fingerprint density at radius 2 is 1.97 bits per heavy atom. The van der Waals surface area contributed by atoms with Gasteiger partial charge in [0.1, 0.15) is 5.82 Å². The molecule has 2 aromatic rings. The molecule has 166 valence electrons. The van der Waals surface area contributed by atoms with Crippen LogP contribution in [0.1, 0.15) is 48.5 Å². The Hall–Kier alpha value is -2.77. The summed E-state index contributed by atoms with van der Waals surface area (Å²) >= 11 is 0. The fraction of sp³-hybridized carbons (Fsp3) is 0.417. The van der Waals surface area contributed by atoms with Crippen LogP contribution in [0.2, 0.25) is 0 Å². The van der Waals surface area contributed by atoms with Crippen molar-refractivity contribution in [1.82, 2.24) is 4.90 Å². The van der Waals surface area contributed by atoms with E-state index in [1.807, 2.05) is 12.1 Å². The lowest BCUT2D eigenvalue weighted by molar-refractivity contribution is 0.0716. The van der Waals surface area contributed by atoms with Gasteiger partial charge in [0.05, 0.1) is 12.6 Å². The number of carbonyl (C=O) groups is 2. The molecule has 0 aliphatic carbocycles.